The fourth-order valence-corrected chi connectivity index (χ4v) is 2.97. The number of rotatable bonds is 2. The van der Waals surface area contributed by atoms with Crippen LogP contribution in [0, 0.1) is 0 Å². The van der Waals surface area contributed by atoms with E-state index < -0.39 is 9.84 Å². The van der Waals surface area contributed by atoms with Crippen LogP contribution in [0.2, 0.25) is 0 Å². The van der Waals surface area contributed by atoms with Crippen LogP contribution in [-0.4, -0.2) is 43.0 Å². The van der Waals surface area contributed by atoms with Crippen molar-refractivity contribution >= 4 is 15.7 Å². The van der Waals surface area contributed by atoms with Crippen molar-refractivity contribution in [3.05, 3.63) is 22.2 Å². The minimum atomic E-state index is -2.90. The van der Waals surface area contributed by atoms with Gasteiger partial charge in [-0.2, -0.15) is 0 Å². The molecular formula is C10H15N3O3S. The van der Waals surface area contributed by atoms with Gasteiger partial charge in [-0.1, -0.05) is 6.92 Å². The van der Waals surface area contributed by atoms with E-state index in [2.05, 4.69) is 9.97 Å². The van der Waals surface area contributed by atoms with E-state index in [1.807, 2.05) is 11.8 Å². The van der Waals surface area contributed by atoms with E-state index in [1.54, 1.807) is 0 Å². The van der Waals surface area contributed by atoms with Crippen LogP contribution in [0.1, 0.15) is 12.7 Å². The molecule has 1 saturated heterocycles. The molecule has 7 heteroatoms. The smallest absolute Gasteiger partial charge is 0.252 e. The number of aromatic nitrogens is 2. The van der Waals surface area contributed by atoms with E-state index in [4.69, 9.17) is 0 Å². The van der Waals surface area contributed by atoms with Crippen LogP contribution in [0.25, 0.3) is 0 Å². The summed E-state index contributed by atoms with van der Waals surface area (Å²) in [6.45, 7) is 2.71. The van der Waals surface area contributed by atoms with Gasteiger partial charge in [0.25, 0.3) is 5.56 Å². The molecule has 1 aromatic rings. The molecule has 1 fully saturated rings. The molecule has 0 amide bonds. The minimum absolute atomic E-state index is 0.128. The lowest BCUT2D eigenvalue weighted by atomic mass is 10.4. The average molecular weight is 257 g/mol. The molecule has 2 heterocycles. The van der Waals surface area contributed by atoms with Crippen LogP contribution in [0.4, 0.5) is 5.82 Å². The van der Waals surface area contributed by atoms with Crippen molar-refractivity contribution in [3.63, 3.8) is 0 Å². The highest BCUT2D eigenvalue weighted by molar-refractivity contribution is 7.91. The van der Waals surface area contributed by atoms with Crippen molar-refractivity contribution in [2.24, 2.45) is 0 Å². The average Bonchev–Trinajstić information content (AvgIpc) is 2.28. The van der Waals surface area contributed by atoms with Crippen molar-refractivity contribution in [1.82, 2.24) is 9.97 Å². The summed E-state index contributed by atoms with van der Waals surface area (Å²) in [5, 5.41) is 0. The van der Waals surface area contributed by atoms with Gasteiger partial charge in [-0.05, 0) is 0 Å². The predicted octanol–water partition coefficient (Wildman–Crippen LogP) is -0.433. The van der Waals surface area contributed by atoms with Crippen LogP contribution in [0.5, 0.6) is 0 Å². The van der Waals surface area contributed by atoms with Crippen LogP contribution in [0.3, 0.4) is 0 Å². The van der Waals surface area contributed by atoms with Crippen molar-refractivity contribution in [3.8, 4) is 0 Å². The van der Waals surface area contributed by atoms with Crippen LogP contribution >= 0.6 is 0 Å². The number of anilines is 1. The fourth-order valence-electron chi connectivity index (χ4n) is 1.77. The topological polar surface area (TPSA) is 83.1 Å². The number of aromatic amines is 1. The summed E-state index contributed by atoms with van der Waals surface area (Å²) in [5.74, 6) is 1.45. The van der Waals surface area contributed by atoms with Gasteiger partial charge in [-0.25, -0.2) is 13.4 Å². The maximum absolute atomic E-state index is 11.4. The molecule has 0 aromatic carbocycles. The van der Waals surface area contributed by atoms with Gasteiger partial charge in [0, 0.05) is 25.6 Å². The summed E-state index contributed by atoms with van der Waals surface area (Å²) in [4.78, 5) is 20.2. The zero-order chi connectivity index (χ0) is 12.5. The number of H-pyrrole nitrogens is 1. The molecule has 0 radical (unpaired) electrons. The molecule has 0 bridgehead atoms. The van der Waals surface area contributed by atoms with E-state index in [1.165, 1.54) is 6.07 Å². The van der Waals surface area contributed by atoms with E-state index in [0.717, 1.165) is 0 Å². The first-order valence-corrected chi connectivity index (χ1v) is 7.38. The minimum Gasteiger partial charge on any atom is -0.354 e. The molecule has 94 valence electrons. The SMILES string of the molecule is CCc1nc(N2CCS(=O)(=O)CC2)cc(=O)[nH]1. The highest BCUT2D eigenvalue weighted by Crippen LogP contribution is 2.12. The molecule has 17 heavy (non-hydrogen) atoms. The second-order valence-corrected chi connectivity index (χ2v) is 6.35. The molecule has 2 rings (SSSR count). The van der Waals surface area contributed by atoms with Gasteiger partial charge in [0.1, 0.15) is 11.6 Å². The molecule has 0 spiro atoms. The Bertz CT molecular complexity index is 550. The molecular weight excluding hydrogens is 242 g/mol. The number of aryl methyl sites for hydroxylation is 1. The summed E-state index contributed by atoms with van der Waals surface area (Å²) in [7, 11) is -2.90. The summed E-state index contributed by atoms with van der Waals surface area (Å²) in [6.07, 6.45) is 0.648. The van der Waals surface area contributed by atoms with Gasteiger partial charge in [0.05, 0.1) is 11.5 Å². The number of nitrogens with zero attached hydrogens (tertiary/aromatic N) is 2. The third-order valence-corrected chi connectivity index (χ3v) is 4.39. The lowest BCUT2D eigenvalue weighted by Gasteiger charge is -2.27. The number of hydrogen-bond acceptors (Lipinski definition) is 5. The molecule has 0 atom stereocenters. The molecule has 0 aliphatic carbocycles. The second kappa shape index (κ2) is 4.48. The Balaban J connectivity index is 2.24. The van der Waals surface area contributed by atoms with E-state index in [0.29, 0.717) is 31.2 Å². The molecule has 0 unspecified atom stereocenters. The first-order chi connectivity index (χ1) is 8.00. The Hall–Kier alpha value is -1.37. The Morgan fingerprint density at radius 3 is 2.65 bits per heavy atom. The van der Waals surface area contributed by atoms with Crippen LogP contribution < -0.4 is 10.5 Å². The number of nitrogens with one attached hydrogen (secondary N) is 1. The standard InChI is InChI=1S/C10H15N3O3S/c1-2-8-11-9(7-10(14)12-8)13-3-5-17(15,16)6-4-13/h7H,2-6H2,1H3,(H,11,12,14). The van der Waals surface area contributed by atoms with Crippen molar-refractivity contribution in [2.75, 3.05) is 29.5 Å². The van der Waals surface area contributed by atoms with Crippen molar-refractivity contribution in [1.29, 1.82) is 0 Å². The molecule has 1 aliphatic rings. The largest absolute Gasteiger partial charge is 0.354 e. The summed E-state index contributed by atoms with van der Waals surface area (Å²) in [6, 6.07) is 1.41. The summed E-state index contributed by atoms with van der Waals surface area (Å²) < 4.78 is 22.6. The van der Waals surface area contributed by atoms with Gasteiger partial charge in [0.2, 0.25) is 0 Å². The van der Waals surface area contributed by atoms with Crippen molar-refractivity contribution < 1.29 is 8.42 Å². The Morgan fingerprint density at radius 1 is 1.41 bits per heavy atom. The highest BCUT2D eigenvalue weighted by Gasteiger charge is 2.22. The van der Waals surface area contributed by atoms with Gasteiger partial charge in [0.15, 0.2) is 9.84 Å². The molecule has 6 nitrogen and oxygen atoms in total. The van der Waals surface area contributed by atoms with Gasteiger partial charge in [-0.3, -0.25) is 4.79 Å². The molecule has 0 saturated carbocycles. The van der Waals surface area contributed by atoms with Gasteiger partial charge in [-0.15, -0.1) is 0 Å². The Kier molecular flexibility index (Phi) is 3.19. The first kappa shape index (κ1) is 12.1. The zero-order valence-corrected chi connectivity index (χ0v) is 10.5. The summed E-state index contributed by atoms with van der Waals surface area (Å²) in [5.41, 5.74) is -0.194. The lowest BCUT2D eigenvalue weighted by molar-refractivity contribution is 0.586. The number of sulfone groups is 1. The third-order valence-electron chi connectivity index (χ3n) is 2.78. The maximum Gasteiger partial charge on any atom is 0.252 e. The third kappa shape index (κ3) is 2.85. The van der Waals surface area contributed by atoms with Gasteiger partial charge >= 0.3 is 0 Å². The van der Waals surface area contributed by atoms with E-state index >= 15 is 0 Å². The highest BCUT2D eigenvalue weighted by atomic mass is 32.2. The lowest BCUT2D eigenvalue weighted by Crippen LogP contribution is -2.41. The quantitative estimate of drug-likeness (QED) is 0.777. The van der Waals surface area contributed by atoms with Crippen molar-refractivity contribution in [2.45, 2.75) is 13.3 Å². The predicted molar refractivity (Wildman–Crippen MR) is 65.1 cm³/mol. The Labute approximate surface area is 99.6 Å². The van der Waals surface area contributed by atoms with Gasteiger partial charge < -0.3 is 9.88 Å². The number of hydrogen-bond donors (Lipinski definition) is 1. The normalized spacial score (nSPS) is 19.2. The van der Waals surface area contributed by atoms with E-state index in [9.17, 15) is 13.2 Å². The molecule has 1 N–H and O–H groups in total. The summed E-state index contributed by atoms with van der Waals surface area (Å²) >= 11 is 0. The first-order valence-electron chi connectivity index (χ1n) is 5.56. The fraction of sp³-hybridized carbons (Fsp3) is 0.600. The Morgan fingerprint density at radius 2 is 2.06 bits per heavy atom. The molecule has 1 aliphatic heterocycles. The monoisotopic (exact) mass is 257 g/mol. The van der Waals surface area contributed by atoms with E-state index in [-0.39, 0.29) is 17.1 Å². The second-order valence-electron chi connectivity index (χ2n) is 4.04. The molecule has 1 aromatic heterocycles. The van der Waals surface area contributed by atoms with Crippen LogP contribution in [-0.2, 0) is 16.3 Å². The zero-order valence-electron chi connectivity index (χ0n) is 9.64. The maximum atomic E-state index is 11.4. The van der Waals surface area contributed by atoms with Crippen LogP contribution in [0.15, 0.2) is 10.9 Å².